The van der Waals surface area contributed by atoms with E-state index >= 15 is 0 Å². The van der Waals surface area contributed by atoms with Crippen molar-refractivity contribution in [2.75, 3.05) is 0 Å². The Balaban J connectivity index is 2.10. The number of rotatable bonds is 4. The van der Waals surface area contributed by atoms with Crippen LogP contribution in [0.15, 0.2) is 69.1 Å². The first-order valence-corrected chi connectivity index (χ1v) is 7.71. The Kier molecular flexibility index (Phi) is 4.34. The van der Waals surface area contributed by atoms with Crippen molar-refractivity contribution in [1.82, 2.24) is 4.83 Å². The Morgan fingerprint density at radius 1 is 1.05 bits per heavy atom. The molecule has 0 aliphatic carbocycles. The molecule has 6 heteroatoms. The van der Waals surface area contributed by atoms with Crippen LogP contribution in [-0.2, 0) is 10.0 Å². The van der Waals surface area contributed by atoms with Crippen molar-refractivity contribution in [3.63, 3.8) is 0 Å². The molecule has 2 aromatic carbocycles. The number of nitrogens with one attached hydrogen (secondary N) is 1. The van der Waals surface area contributed by atoms with Gasteiger partial charge in [-0.15, -0.1) is 0 Å². The predicted octanol–water partition coefficient (Wildman–Crippen LogP) is 2.76. The summed E-state index contributed by atoms with van der Waals surface area (Å²) in [5.41, 5.74) is 0.796. The van der Waals surface area contributed by atoms with Gasteiger partial charge in [-0.2, -0.15) is 13.5 Å². The summed E-state index contributed by atoms with van der Waals surface area (Å²) in [5, 5.41) is 3.75. The van der Waals surface area contributed by atoms with Crippen LogP contribution in [0.25, 0.3) is 0 Å². The average molecular weight is 339 g/mol. The molecular weight excluding hydrogens is 328 g/mol. The van der Waals surface area contributed by atoms with Gasteiger partial charge in [0.2, 0.25) is 0 Å². The summed E-state index contributed by atoms with van der Waals surface area (Å²) >= 11 is 3.33. The van der Waals surface area contributed by atoms with Crippen molar-refractivity contribution < 1.29 is 8.42 Å². The van der Waals surface area contributed by atoms with Gasteiger partial charge >= 0.3 is 0 Å². The minimum atomic E-state index is -3.60. The molecule has 4 nitrogen and oxygen atoms in total. The standard InChI is InChI=1S/C13H11BrN2O2S/c14-12-6-4-5-11(9-12)10-15-16-19(17,18)13-7-2-1-3-8-13/h1-10,16H/b15-10-. The van der Waals surface area contributed by atoms with E-state index in [1.807, 2.05) is 24.3 Å². The first-order chi connectivity index (χ1) is 9.08. The van der Waals surface area contributed by atoms with E-state index in [1.54, 1.807) is 18.2 Å². The Hall–Kier alpha value is -1.66. The second-order valence-electron chi connectivity index (χ2n) is 3.72. The zero-order valence-corrected chi connectivity index (χ0v) is 12.2. The summed E-state index contributed by atoms with van der Waals surface area (Å²) in [6.45, 7) is 0. The summed E-state index contributed by atoms with van der Waals surface area (Å²) in [6.07, 6.45) is 1.45. The minimum absolute atomic E-state index is 0.182. The molecule has 0 radical (unpaired) electrons. The normalized spacial score (nSPS) is 11.6. The summed E-state index contributed by atoms with van der Waals surface area (Å²) in [4.78, 5) is 2.35. The molecule has 0 aromatic heterocycles. The van der Waals surface area contributed by atoms with Crippen molar-refractivity contribution in [2.24, 2.45) is 5.10 Å². The van der Waals surface area contributed by atoms with Gasteiger partial charge in [0.15, 0.2) is 0 Å². The maximum atomic E-state index is 11.9. The van der Waals surface area contributed by atoms with E-state index in [-0.39, 0.29) is 4.90 Å². The van der Waals surface area contributed by atoms with E-state index in [4.69, 9.17) is 0 Å². The number of hydrogen-bond donors (Lipinski definition) is 1. The fourth-order valence-corrected chi connectivity index (χ4v) is 2.64. The Morgan fingerprint density at radius 3 is 2.47 bits per heavy atom. The number of halogens is 1. The molecule has 19 heavy (non-hydrogen) atoms. The van der Waals surface area contributed by atoms with E-state index in [2.05, 4.69) is 25.9 Å². The van der Waals surface area contributed by atoms with Gasteiger partial charge in [-0.1, -0.05) is 46.3 Å². The van der Waals surface area contributed by atoms with E-state index in [0.29, 0.717) is 0 Å². The number of hydrogen-bond acceptors (Lipinski definition) is 3. The predicted molar refractivity (Wildman–Crippen MR) is 78.5 cm³/mol. The highest BCUT2D eigenvalue weighted by molar-refractivity contribution is 9.10. The third-order valence-corrected chi connectivity index (χ3v) is 4.02. The SMILES string of the molecule is O=S(=O)(N/N=C\c1cccc(Br)c1)c1ccccc1. The smallest absolute Gasteiger partial charge is 0.200 e. The molecule has 2 rings (SSSR count). The van der Waals surface area contributed by atoms with Crippen LogP contribution in [0.1, 0.15) is 5.56 Å². The number of sulfonamides is 1. The highest BCUT2D eigenvalue weighted by atomic mass is 79.9. The van der Waals surface area contributed by atoms with Crippen molar-refractivity contribution >= 4 is 32.2 Å². The monoisotopic (exact) mass is 338 g/mol. The van der Waals surface area contributed by atoms with Crippen molar-refractivity contribution in [1.29, 1.82) is 0 Å². The summed E-state index contributed by atoms with van der Waals surface area (Å²) < 4.78 is 24.6. The molecule has 0 atom stereocenters. The topological polar surface area (TPSA) is 58.5 Å². The highest BCUT2D eigenvalue weighted by Crippen LogP contribution is 2.10. The molecule has 0 heterocycles. The van der Waals surface area contributed by atoms with Gasteiger partial charge in [-0.3, -0.25) is 0 Å². The molecule has 0 bridgehead atoms. The van der Waals surface area contributed by atoms with E-state index in [9.17, 15) is 8.42 Å². The highest BCUT2D eigenvalue weighted by Gasteiger charge is 2.10. The number of benzene rings is 2. The Labute approximate surface area is 120 Å². The quantitative estimate of drug-likeness (QED) is 0.688. The molecule has 0 unspecified atom stereocenters. The number of nitrogens with zero attached hydrogens (tertiary/aromatic N) is 1. The molecule has 0 fully saturated rings. The van der Waals surface area contributed by atoms with Crippen LogP contribution >= 0.6 is 15.9 Å². The van der Waals surface area contributed by atoms with E-state index in [1.165, 1.54) is 18.3 Å². The van der Waals surface area contributed by atoms with Crippen molar-refractivity contribution in [2.45, 2.75) is 4.90 Å². The molecule has 1 N–H and O–H groups in total. The zero-order valence-electron chi connectivity index (χ0n) is 9.82. The zero-order chi connectivity index (χ0) is 13.7. The van der Waals surface area contributed by atoms with Gasteiger partial charge in [-0.05, 0) is 29.8 Å². The molecule has 0 saturated heterocycles. The molecule has 0 saturated carbocycles. The maximum absolute atomic E-state index is 11.9. The number of hydrazone groups is 1. The van der Waals surface area contributed by atoms with Crippen LogP contribution in [0.5, 0.6) is 0 Å². The van der Waals surface area contributed by atoms with Crippen LogP contribution < -0.4 is 4.83 Å². The van der Waals surface area contributed by atoms with Crippen LogP contribution in [-0.4, -0.2) is 14.6 Å². The molecule has 0 aliphatic heterocycles. The van der Waals surface area contributed by atoms with Gasteiger partial charge in [0.05, 0.1) is 11.1 Å². The fraction of sp³-hybridized carbons (Fsp3) is 0. The first kappa shape index (κ1) is 13.8. The van der Waals surface area contributed by atoms with E-state index in [0.717, 1.165) is 10.0 Å². The molecule has 0 amide bonds. The molecule has 98 valence electrons. The van der Waals surface area contributed by atoms with Crippen LogP contribution in [0.4, 0.5) is 0 Å². The lowest BCUT2D eigenvalue weighted by atomic mass is 10.2. The van der Waals surface area contributed by atoms with Gasteiger partial charge in [0.1, 0.15) is 0 Å². The maximum Gasteiger partial charge on any atom is 0.276 e. The molecule has 0 aliphatic rings. The van der Waals surface area contributed by atoms with Gasteiger partial charge in [0.25, 0.3) is 10.0 Å². The van der Waals surface area contributed by atoms with Crippen molar-refractivity contribution in [3.05, 3.63) is 64.6 Å². The Morgan fingerprint density at radius 2 is 1.79 bits per heavy atom. The Bertz CT molecular complexity index is 685. The fourth-order valence-electron chi connectivity index (χ4n) is 1.41. The average Bonchev–Trinajstić information content (AvgIpc) is 2.40. The summed E-state index contributed by atoms with van der Waals surface area (Å²) in [5.74, 6) is 0. The third kappa shape index (κ3) is 3.90. The van der Waals surface area contributed by atoms with Gasteiger partial charge in [-0.25, -0.2) is 4.83 Å². The lowest BCUT2D eigenvalue weighted by Gasteiger charge is -2.02. The molecule has 2 aromatic rings. The second-order valence-corrected chi connectivity index (χ2v) is 6.30. The van der Waals surface area contributed by atoms with Crippen LogP contribution in [0.2, 0.25) is 0 Å². The van der Waals surface area contributed by atoms with Gasteiger partial charge in [0, 0.05) is 4.47 Å². The molecular formula is C13H11BrN2O2S. The largest absolute Gasteiger partial charge is 0.276 e. The second kappa shape index (κ2) is 5.99. The van der Waals surface area contributed by atoms with Crippen LogP contribution in [0.3, 0.4) is 0 Å². The summed E-state index contributed by atoms with van der Waals surface area (Å²) in [6, 6.07) is 15.5. The first-order valence-electron chi connectivity index (χ1n) is 5.43. The minimum Gasteiger partial charge on any atom is -0.200 e. The summed E-state index contributed by atoms with van der Waals surface area (Å²) in [7, 11) is -3.60. The molecule has 0 spiro atoms. The van der Waals surface area contributed by atoms with Crippen molar-refractivity contribution in [3.8, 4) is 0 Å². The van der Waals surface area contributed by atoms with E-state index < -0.39 is 10.0 Å². The van der Waals surface area contributed by atoms with Gasteiger partial charge < -0.3 is 0 Å². The lowest BCUT2D eigenvalue weighted by Crippen LogP contribution is -2.18. The lowest BCUT2D eigenvalue weighted by molar-refractivity contribution is 0.584. The van der Waals surface area contributed by atoms with Crippen LogP contribution in [0, 0.1) is 0 Å². The third-order valence-electron chi connectivity index (χ3n) is 2.29.